The van der Waals surface area contributed by atoms with E-state index in [1.165, 1.54) is 0 Å². The summed E-state index contributed by atoms with van der Waals surface area (Å²) in [6, 6.07) is 3.69. The molecule has 0 aliphatic heterocycles. The summed E-state index contributed by atoms with van der Waals surface area (Å²) >= 11 is 5.93. The molecule has 0 atom stereocenters. The summed E-state index contributed by atoms with van der Waals surface area (Å²) in [6.45, 7) is 6.66. The summed E-state index contributed by atoms with van der Waals surface area (Å²) in [5.41, 5.74) is 2.57. The molecule has 0 radical (unpaired) electrons. The van der Waals surface area contributed by atoms with E-state index in [4.69, 9.17) is 11.6 Å². The van der Waals surface area contributed by atoms with Crippen LogP contribution in [0.2, 0.25) is 5.15 Å². The van der Waals surface area contributed by atoms with Gasteiger partial charge in [-0.2, -0.15) is 5.10 Å². The third-order valence-electron chi connectivity index (χ3n) is 2.96. The van der Waals surface area contributed by atoms with Gasteiger partial charge in [0.05, 0.1) is 5.69 Å². The third-order valence-corrected chi connectivity index (χ3v) is 3.15. The smallest absolute Gasteiger partial charge is 0.188 e. The Bertz CT molecular complexity index is 757. The molecule has 0 fully saturated rings. The normalized spacial score (nSPS) is 11.4. The molecule has 3 heterocycles. The summed E-state index contributed by atoms with van der Waals surface area (Å²) in [5.74, 6) is 1.49. The maximum atomic E-state index is 5.93. The fourth-order valence-corrected chi connectivity index (χ4v) is 2.40. The summed E-state index contributed by atoms with van der Waals surface area (Å²) in [4.78, 5) is 4.24. The van der Waals surface area contributed by atoms with Crippen LogP contribution in [0, 0.1) is 13.8 Å². The highest BCUT2D eigenvalue weighted by Gasteiger charge is 2.16. The first-order chi connectivity index (χ1) is 9.10. The Labute approximate surface area is 115 Å². The van der Waals surface area contributed by atoms with Gasteiger partial charge in [-0.3, -0.25) is 9.08 Å². The highest BCUT2D eigenvalue weighted by atomic mass is 35.5. The lowest BCUT2D eigenvalue weighted by molar-refractivity contribution is 0.656. The minimum absolute atomic E-state index is 0.420. The molecule has 7 heteroatoms. The van der Waals surface area contributed by atoms with Crippen LogP contribution in [0.15, 0.2) is 12.1 Å². The van der Waals surface area contributed by atoms with E-state index in [0.717, 1.165) is 29.6 Å². The molecule has 0 N–H and O–H groups in total. The van der Waals surface area contributed by atoms with Crippen molar-refractivity contribution >= 4 is 17.2 Å². The predicted molar refractivity (Wildman–Crippen MR) is 72.2 cm³/mol. The Morgan fingerprint density at radius 3 is 2.74 bits per heavy atom. The van der Waals surface area contributed by atoms with Gasteiger partial charge in [-0.05, 0) is 26.8 Å². The van der Waals surface area contributed by atoms with Crippen LogP contribution in [0.3, 0.4) is 0 Å². The van der Waals surface area contributed by atoms with E-state index in [0.29, 0.717) is 10.8 Å². The van der Waals surface area contributed by atoms with Crippen molar-refractivity contribution in [1.29, 1.82) is 0 Å². The minimum Gasteiger partial charge on any atom is -0.262 e. The molecule has 0 bridgehead atoms. The van der Waals surface area contributed by atoms with Gasteiger partial charge < -0.3 is 0 Å². The van der Waals surface area contributed by atoms with Gasteiger partial charge in [0, 0.05) is 12.6 Å². The van der Waals surface area contributed by atoms with Crippen LogP contribution >= 0.6 is 11.6 Å². The van der Waals surface area contributed by atoms with Gasteiger partial charge in [0.15, 0.2) is 11.5 Å². The molecule has 0 saturated carbocycles. The second-order valence-electron chi connectivity index (χ2n) is 4.33. The maximum Gasteiger partial charge on any atom is 0.188 e. The first-order valence-corrected chi connectivity index (χ1v) is 6.41. The quantitative estimate of drug-likeness (QED) is 0.674. The number of rotatable bonds is 2. The first-order valence-electron chi connectivity index (χ1n) is 6.03. The lowest BCUT2D eigenvalue weighted by Crippen LogP contribution is -2.04. The van der Waals surface area contributed by atoms with Gasteiger partial charge in [0.1, 0.15) is 16.7 Å². The second kappa shape index (κ2) is 4.31. The van der Waals surface area contributed by atoms with Gasteiger partial charge in [-0.1, -0.05) is 11.6 Å². The van der Waals surface area contributed by atoms with Gasteiger partial charge in [-0.15, -0.1) is 10.2 Å². The summed E-state index contributed by atoms with van der Waals surface area (Å²) < 4.78 is 3.79. The number of hydrogen-bond donors (Lipinski definition) is 0. The van der Waals surface area contributed by atoms with Crippen LogP contribution in [0.1, 0.15) is 18.4 Å². The standard InChI is InChI=1S/C12H13ClN6/c1-4-18-9(5-7(2)17-18)12-16-15-11-6-10(13)14-8(3)19(11)12/h5-6H,4H2,1-3H3. The zero-order valence-corrected chi connectivity index (χ0v) is 11.7. The zero-order chi connectivity index (χ0) is 13.6. The van der Waals surface area contributed by atoms with Crippen molar-refractivity contribution in [2.24, 2.45) is 0 Å². The Balaban J connectivity index is 2.31. The zero-order valence-electron chi connectivity index (χ0n) is 10.9. The van der Waals surface area contributed by atoms with Crippen LogP contribution in [-0.4, -0.2) is 29.4 Å². The molecule has 3 rings (SSSR count). The lowest BCUT2D eigenvalue weighted by Gasteiger charge is -2.05. The molecule has 3 aromatic rings. The number of hydrogen-bond acceptors (Lipinski definition) is 4. The van der Waals surface area contributed by atoms with Crippen LogP contribution < -0.4 is 0 Å². The Morgan fingerprint density at radius 2 is 2.00 bits per heavy atom. The van der Waals surface area contributed by atoms with Gasteiger partial charge in [-0.25, -0.2) is 4.98 Å². The van der Waals surface area contributed by atoms with E-state index in [1.54, 1.807) is 6.07 Å². The molecule has 3 aromatic heterocycles. The van der Waals surface area contributed by atoms with Crippen molar-refractivity contribution in [3.8, 4) is 11.5 Å². The topological polar surface area (TPSA) is 60.9 Å². The average Bonchev–Trinajstić information content (AvgIpc) is 2.91. The van der Waals surface area contributed by atoms with Crippen molar-refractivity contribution in [2.75, 3.05) is 0 Å². The van der Waals surface area contributed by atoms with Crippen LogP contribution in [0.25, 0.3) is 17.2 Å². The van der Waals surface area contributed by atoms with Crippen LogP contribution in [-0.2, 0) is 6.54 Å². The molecule has 0 aliphatic carbocycles. The van der Waals surface area contributed by atoms with Gasteiger partial charge in [0.25, 0.3) is 0 Å². The summed E-state index contributed by atoms with van der Waals surface area (Å²) in [6.07, 6.45) is 0. The largest absolute Gasteiger partial charge is 0.262 e. The molecule has 0 saturated heterocycles. The monoisotopic (exact) mass is 276 g/mol. The summed E-state index contributed by atoms with van der Waals surface area (Å²) in [7, 11) is 0. The molecule has 6 nitrogen and oxygen atoms in total. The first kappa shape index (κ1) is 12.1. The predicted octanol–water partition coefficient (Wildman–Crippen LogP) is 2.28. The van der Waals surface area contributed by atoms with Crippen LogP contribution in [0.4, 0.5) is 0 Å². The second-order valence-corrected chi connectivity index (χ2v) is 4.72. The van der Waals surface area contributed by atoms with E-state index in [9.17, 15) is 0 Å². The molecule has 0 spiro atoms. The van der Waals surface area contributed by atoms with Crippen molar-refractivity contribution in [2.45, 2.75) is 27.3 Å². The SMILES string of the molecule is CCn1nc(C)cc1-c1nnc2cc(Cl)nc(C)n12. The van der Waals surface area contributed by atoms with Gasteiger partial charge in [0.2, 0.25) is 0 Å². The van der Waals surface area contributed by atoms with E-state index < -0.39 is 0 Å². The average molecular weight is 277 g/mol. The van der Waals surface area contributed by atoms with Crippen LogP contribution in [0.5, 0.6) is 0 Å². The Morgan fingerprint density at radius 1 is 1.21 bits per heavy atom. The highest BCUT2D eigenvalue weighted by Crippen LogP contribution is 2.21. The van der Waals surface area contributed by atoms with E-state index in [1.807, 2.05) is 35.9 Å². The van der Waals surface area contributed by atoms with E-state index in [2.05, 4.69) is 20.3 Å². The molecule has 19 heavy (non-hydrogen) atoms. The molecule has 0 amide bonds. The number of aromatic nitrogens is 6. The molecule has 0 aliphatic rings. The lowest BCUT2D eigenvalue weighted by atomic mass is 10.3. The third kappa shape index (κ3) is 1.88. The van der Waals surface area contributed by atoms with Crippen molar-refractivity contribution in [3.05, 3.63) is 28.8 Å². The number of nitrogens with zero attached hydrogens (tertiary/aromatic N) is 6. The fourth-order valence-electron chi connectivity index (χ4n) is 2.18. The number of halogens is 1. The van der Waals surface area contributed by atoms with Gasteiger partial charge >= 0.3 is 0 Å². The molecule has 0 unspecified atom stereocenters. The molecule has 98 valence electrons. The molecular formula is C12H13ClN6. The van der Waals surface area contributed by atoms with E-state index >= 15 is 0 Å². The minimum atomic E-state index is 0.420. The molecule has 0 aromatic carbocycles. The molecular weight excluding hydrogens is 264 g/mol. The Kier molecular flexibility index (Phi) is 2.74. The highest BCUT2D eigenvalue weighted by molar-refractivity contribution is 6.29. The number of fused-ring (bicyclic) bond motifs is 1. The van der Waals surface area contributed by atoms with Crippen molar-refractivity contribution < 1.29 is 0 Å². The maximum absolute atomic E-state index is 5.93. The summed E-state index contributed by atoms with van der Waals surface area (Å²) in [5, 5.41) is 13.2. The van der Waals surface area contributed by atoms with Crippen molar-refractivity contribution in [3.63, 3.8) is 0 Å². The fraction of sp³-hybridized carbons (Fsp3) is 0.333. The van der Waals surface area contributed by atoms with Crippen molar-refractivity contribution in [1.82, 2.24) is 29.4 Å². The van der Waals surface area contributed by atoms with E-state index in [-0.39, 0.29) is 0 Å². The number of aryl methyl sites for hydroxylation is 3. The Hall–Kier alpha value is -1.95.